The molecule has 10 heteroatoms. The number of piperazine rings is 1. The Morgan fingerprint density at radius 2 is 1.82 bits per heavy atom. The van der Waals surface area contributed by atoms with Gasteiger partial charge in [-0.25, -0.2) is 18.2 Å². The molecule has 0 saturated carbocycles. The second-order valence-corrected chi connectivity index (χ2v) is 9.77. The largest absolute Gasteiger partial charge is 0.494 e. The van der Waals surface area contributed by atoms with E-state index in [-0.39, 0.29) is 24.0 Å². The first-order chi connectivity index (χ1) is 16.0. The predicted octanol–water partition coefficient (Wildman–Crippen LogP) is 2.61. The molecular formula is C23H29N5O4S. The zero-order chi connectivity index (χ0) is 23.3. The summed E-state index contributed by atoms with van der Waals surface area (Å²) in [6.45, 7) is 4.17. The van der Waals surface area contributed by atoms with Crippen molar-refractivity contribution in [2.75, 3.05) is 39.3 Å². The van der Waals surface area contributed by atoms with Gasteiger partial charge in [0.15, 0.2) is 0 Å². The minimum atomic E-state index is -3.60. The molecule has 0 atom stereocenters. The van der Waals surface area contributed by atoms with Gasteiger partial charge < -0.3 is 19.9 Å². The number of para-hydroxylation sites is 2. The highest BCUT2D eigenvalue weighted by molar-refractivity contribution is 7.89. The zero-order valence-electron chi connectivity index (χ0n) is 18.7. The van der Waals surface area contributed by atoms with Crippen LogP contribution in [0.4, 0.5) is 4.79 Å². The summed E-state index contributed by atoms with van der Waals surface area (Å²) in [4.78, 5) is 22.2. The van der Waals surface area contributed by atoms with E-state index in [0.717, 1.165) is 29.7 Å². The van der Waals surface area contributed by atoms with E-state index >= 15 is 0 Å². The van der Waals surface area contributed by atoms with Gasteiger partial charge in [-0.15, -0.1) is 0 Å². The summed E-state index contributed by atoms with van der Waals surface area (Å²) in [7, 11) is -3.60. The third-order valence-corrected chi connectivity index (χ3v) is 7.52. The van der Waals surface area contributed by atoms with Crippen molar-refractivity contribution in [2.45, 2.75) is 24.7 Å². The summed E-state index contributed by atoms with van der Waals surface area (Å²) < 4.78 is 32.6. The van der Waals surface area contributed by atoms with Crippen molar-refractivity contribution in [3.63, 3.8) is 0 Å². The Labute approximate surface area is 193 Å². The molecule has 2 heterocycles. The van der Waals surface area contributed by atoms with E-state index in [1.165, 1.54) is 4.31 Å². The van der Waals surface area contributed by atoms with Crippen LogP contribution in [0.3, 0.4) is 0 Å². The molecule has 1 aliphatic rings. The molecule has 9 nitrogen and oxygen atoms in total. The van der Waals surface area contributed by atoms with E-state index in [1.807, 2.05) is 31.2 Å². The number of nitrogens with zero attached hydrogens (tertiary/aromatic N) is 3. The molecule has 4 rings (SSSR count). The number of hydrogen-bond donors (Lipinski definition) is 2. The summed E-state index contributed by atoms with van der Waals surface area (Å²) in [5.74, 6) is 1.54. The number of amides is 2. The number of fused-ring (bicyclic) bond motifs is 1. The average molecular weight is 472 g/mol. The number of sulfonamides is 1. The monoisotopic (exact) mass is 471 g/mol. The topological polar surface area (TPSA) is 108 Å². The summed E-state index contributed by atoms with van der Waals surface area (Å²) in [6.07, 6.45) is 1.50. The first-order valence-corrected chi connectivity index (χ1v) is 12.6. The van der Waals surface area contributed by atoms with Crippen LogP contribution in [0.5, 0.6) is 5.75 Å². The number of aromatic nitrogens is 2. The lowest BCUT2D eigenvalue weighted by Crippen LogP contribution is -2.53. The summed E-state index contributed by atoms with van der Waals surface area (Å²) >= 11 is 0. The highest BCUT2D eigenvalue weighted by atomic mass is 32.2. The minimum absolute atomic E-state index is 0.169. The maximum Gasteiger partial charge on any atom is 0.317 e. The number of urea groups is 1. The molecule has 2 aromatic carbocycles. The molecular weight excluding hydrogens is 442 g/mol. The van der Waals surface area contributed by atoms with Crippen LogP contribution in [0.15, 0.2) is 53.4 Å². The van der Waals surface area contributed by atoms with Gasteiger partial charge in [-0.05, 0) is 49.7 Å². The van der Waals surface area contributed by atoms with E-state index in [2.05, 4.69) is 15.3 Å². The van der Waals surface area contributed by atoms with Crippen molar-refractivity contribution in [2.24, 2.45) is 0 Å². The van der Waals surface area contributed by atoms with Crippen LogP contribution in [0.25, 0.3) is 11.0 Å². The van der Waals surface area contributed by atoms with Crippen LogP contribution in [0, 0.1) is 0 Å². The van der Waals surface area contributed by atoms with Crippen molar-refractivity contribution in [1.82, 2.24) is 24.5 Å². The van der Waals surface area contributed by atoms with Crippen LogP contribution in [-0.4, -0.2) is 73.0 Å². The van der Waals surface area contributed by atoms with Gasteiger partial charge in [0.2, 0.25) is 10.0 Å². The molecule has 1 aliphatic heterocycles. The Bertz CT molecular complexity index is 1150. The first kappa shape index (κ1) is 23.1. The molecule has 1 aromatic heterocycles. The smallest absolute Gasteiger partial charge is 0.317 e. The molecule has 3 aromatic rings. The Morgan fingerprint density at radius 1 is 1.09 bits per heavy atom. The van der Waals surface area contributed by atoms with Gasteiger partial charge in [0.25, 0.3) is 0 Å². The highest BCUT2D eigenvalue weighted by Gasteiger charge is 2.30. The lowest BCUT2D eigenvalue weighted by atomic mass is 10.3. The van der Waals surface area contributed by atoms with Gasteiger partial charge in [-0.2, -0.15) is 4.31 Å². The number of aryl methyl sites for hydroxylation is 1. The fourth-order valence-electron chi connectivity index (χ4n) is 3.84. The van der Waals surface area contributed by atoms with Gasteiger partial charge in [-0.1, -0.05) is 12.1 Å². The second-order valence-electron chi connectivity index (χ2n) is 7.83. The lowest BCUT2D eigenvalue weighted by molar-refractivity contribution is 0.172. The van der Waals surface area contributed by atoms with Crippen LogP contribution in [0.1, 0.15) is 19.2 Å². The number of H-pyrrole nitrogens is 1. The molecule has 2 N–H and O–H groups in total. The number of rotatable bonds is 8. The molecule has 0 spiro atoms. The predicted molar refractivity (Wildman–Crippen MR) is 126 cm³/mol. The van der Waals surface area contributed by atoms with Crippen LogP contribution in [0.2, 0.25) is 0 Å². The van der Waals surface area contributed by atoms with Gasteiger partial charge in [-0.3, -0.25) is 0 Å². The number of imidazole rings is 1. The zero-order valence-corrected chi connectivity index (χ0v) is 19.5. The number of aromatic amines is 1. The van der Waals surface area contributed by atoms with Crippen molar-refractivity contribution in [3.8, 4) is 5.75 Å². The summed E-state index contributed by atoms with van der Waals surface area (Å²) in [5.41, 5.74) is 1.95. The number of benzene rings is 2. The fraction of sp³-hybridized carbons (Fsp3) is 0.391. The van der Waals surface area contributed by atoms with E-state index in [9.17, 15) is 13.2 Å². The molecule has 1 fully saturated rings. The molecule has 2 amide bonds. The highest BCUT2D eigenvalue weighted by Crippen LogP contribution is 2.21. The lowest BCUT2D eigenvalue weighted by Gasteiger charge is -2.34. The normalized spacial score (nSPS) is 15.0. The molecule has 0 bridgehead atoms. The molecule has 0 radical (unpaired) electrons. The Hall–Kier alpha value is -3.11. The standard InChI is InChI=1S/C23H29N5O4S/c1-2-32-18-9-11-19(12-10-18)33(30,31)28-16-14-27(15-17-28)23(29)24-13-5-8-22-25-20-6-3-4-7-21(20)26-22/h3-4,6-7,9-12H,2,5,8,13-17H2,1H3,(H,24,29)(H,25,26). The van der Waals surface area contributed by atoms with Crippen LogP contribution in [-0.2, 0) is 16.4 Å². The maximum atomic E-state index is 12.9. The number of hydrogen-bond acceptors (Lipinski definition) is 5. The van der Waals surface area contributed by atoms with Gasteiger partial charge >= 0.3 is 6.03 Å². The van der Waals surface area contributed by atoms with Crippen LogP contribution >= 0.6 is 0 Å². The maximum absolute atomic E-state index is 12.9. The third kappa shape index (κ3) is 5.45. The molecule has 1 saturated heterocycles. The quantitative estimate of drug-likeness (QED) is 0.491. The Morgan fingerprint density at radius 3 is 2.52 bits per heavy atom. The fourth-order valence-corrected chi connectivity index (χ4v) is 5.26. The molecule has 0 unspecified atom stereocenters. The van der Waals surface area contributed by atoms with Crippen molar-refractivity contribution >= 4 is 27.1 Å². The van der Waals surface area contributed by atoms with Crippen LogP contribution < -0.4 is 10.1 Å². The number of carbonyl (C=O) groups excluding carboxylic acids is 1. The van der Waals surface area contributed by atoms with E-state index in [1.54, 1.807) is 29.2 Å². The van der Waals surface area contributed by atoms with E-state index < -0.39 is 10.0 Å². The van der Waals surface area contributed by atoms with Crippen molar-refractivity contribution in [3.05, 3.63) is 54.4 Å². The molecule has 33 heavy (non-hydrogen) atoms. The second kappa shape index (κ2) is 10.2. The number of ether oxygens (including phenoxy) is 1. The summed E-state index contributed by atoms with van der Waals surface area (Å²) in [6, 6.07) is 14.1. The summed E-state index contributed by atoms with van der Waals surface area (Å²) in [5, 5.41) is 2.92. The third-order valence-electron chi connectivity index (χ3n) is 5.60. The Kier molecular flexibility index (Phi) is 7.14. The first-order valence-electron chi connectivity index (χ1n) is 11.2. The Balaban J connectivity index is 1.22. The minimum Gasteiger partial charge on any atom is -0.494 e. The molecule has 176 valence electrons. The van der Waals surface area contributed by atoms with E-state index in [0.29, 0.717) is 32.0 Å². The van der Waals surface area contributed by atoms with Gasteiger partial charge in [0, 0.05) is 39.1 Å². The average Bonchev–Trinajstić information content (AvgIpc) is 3.25. The van der Waals surface area contributed by atoms with E-state index in [4.69, 9.17) is 4.74 Å². The van der Waals surface area contributed by atoms with Gasteiger partial charge in [0.05, 0.1) is 22.5 Å². The molecule has 0 aliphatic carbocycles. The SMILES string of the molecule is CCOc1ccc(S(=O)(=O)N2CCN(C(=O)NCCCc3nc4ccccc4[nH]3)CC2)cc1. The number of nitrogens with one attached hydrogen (secondary N) is 2. The van der Waals surface area contributed by atoms with Crippen molar-refractivity contribution < 1.29 is 17.9 Å². The number of carbonyl (C=O) groups is 1. The van der Waals surface area contributed by atoms with Gasteiger partial charge in [0.1, 0.15) is 11.6 Å². The van der Waals surface area contributed by atoms with Crippen molar-refractivity contribution in [1.29, 1.82) is 0 Å².